The van der Waals surface area contributed by atoms with Gasteiger partial charge in [-0.3, -0.25) is 4.99 Å². The van der Waals surface area contributed by atoms with Crippen LogP contribution in [0.5, 0.6) is 0 Å². The second-order valence-corrected chi connectivity index (χ2v) is 3.18. The molecule has 1 aromatic rings. The molecule has 0 bridgehead atoms. The van der Waals surface area contributed by atoms with E-state index in [1.807, 2.05) is 46.1 Å². The van der Waals surface area contributed by atoms with Crippen LogP contribution in [0.2, 0.25) is 0 Å². The molecule has 1 N–H and O–H groups in total. The first kappa shape index (κ1) is 11.5. The lowest BCUT2D eigenvalue weighted by Gasteiger charge is -1.90. The number of nitrogens with zero attached hydrogens (tertiary/aromatic N) is 1. The van der Waals surface area contributed by atoms with Crippen molar-refractivity contribution in [3.8, 4) is 0 Å². The van der Waals surface area contributed by atoms with Gasteiger partial charge in [0.05, 0.1) is 11.4 Å². The summed E-state index contributed by atoms with van der Waals surface area (Å²) in [5, 5.41) is 2.30. The highest BCUT2D eigenvalue weighted by Gasteiger charge is 2.02. The standard InChI is InChI=1S/C13H18N2/c1-5-9-12-13(14-8-4)10(6-2)11(7-3)15-12/h5-9,15H,1-4H3/b9-5-,10-6+,11-7+,14-8-. The average Bonchev–Trinajstić information content (AvgIpc) is 2.57. The van der Waals surface area contributed by atoms with Crippen molar-refractivity contribution in [1.82, 2.24) is 4.98 Å². The van der Waals surface area contributed by atoms with Crippen LogP contribution in [-0.2, 0) is 0 Å². The third kappa shape index (κ3) is 2.27. The van der Waals surface area contributed by atoms with Gasteiger partial charge in [0.2, 0.25) is 0 Å². The Morgan fingerprint density at radius 2 is 1.80 bits per heavy atom. The Morgan fingerprint density at radius 1 is 1.07 bits per heavy atom. The van der Waals surface area contributed by atoms with Crippen molar-refractivity contribution in [3.05, 3.63) is 22.3 Å². The van der Waals surface area contributed by atoms with Gasteiger partial charge in [-0.1, -0.05) is 18.2 Å². The maximum Gasteiger partial charge on any atom is 0.0949 e. The zero-order valence-electron chi connectivity index (χ0n) is 9.83. The number of allylic oxidation sites excluding steroid dienone is 1. The molecule has 0 unspecified atom stereocenters. The molecular weight excluding hydrogens is 184 g/mol. The fraction of sp³-hybridized carbons (Fsp3) is 0.308. The average molecular weight is 202 g/mol. The quantitative estimate of drug-likeness (QED) is 0.713. The summed E-state index contributed by atoms with van der Waals surface area (Å²) in [6.07, 6.45) is 10.0. The summed E-state index contributed by atoms with van der Waals surface area (Å²) in [7, 11) is 0. The van der Waals surface area contributed by atoms with Gasteiger partial charge in [0.15, 0.2) is 0 Å². The molecule has 80 valence electrons. The van der Waals surface area contributed by atoms with E-state index in [1.165, 1.54) is 5.22 Å². The van der Waals surface area contributed by atoms with Gasteiger partial charge in [-0.2, -0.15) is 0 Å². The number of H-pyrrole nitrogens is 1. The molecule has 0 radical (unpaired) electrons. The smallest absolute Gasteiger partial charge is 0.0949 e. The van der Waals surface area contributed by atoms with E-state index in [4.69, 9.17) is 0 Å². The van der Waals surface area contributed by atoms with Gasteiger partial charge < -0.3 is 4.98 Å². The Kier molecular flexibility index (Phi) is 4.10. The summed E-state index contributed by atoms with van der Waals surface area (Å²) in [6.45, 7) is 7.99. The Bertz CT molecular complexity index is 487. The Balaban J connectivity index is 3.63. The molecule has 0 aromatic carbocycles. The van der Waals surface area contributed by atoms with Gasteiger partial charge in [-0.25, -0.2) is 0 Å². The van der Waals surface area contributed by atoms with E-state index in [0.717, 1.165) is 16.7 Å². The molecule has 0 saturated carbocycles. The van der Waals surface area contributed by atoms with Crippen LogP contribution in [0.15, 0.2) is 11.1 Å². The van der Waals surface area contributed by atoms with Crippen LogP contribution in [0.25, 0.3) is 18.2 Å². The highest BCUT2D eigenvalue weighted by Crippen LogP contribution is 2.11. The van der Waals surface area contributed by atoms with Crippen molar-refractivity contribution < 1.29 is 0 Å². The first-order chi connectivity index (χ1) is 7.28. The molecule has 0 spiro atoms. The van der Waals surface area contributed by atoms with Gasteiger partial charge in [0.1, 0.15) is 0 Å². The maximum absolute atomic E-state index is 4.41. The van der Waals surface area contributed by atoms with E-state index in [-0.39, 0.29) is 0 Å². The predicted octanol–water partition coefficient (Wildman–Crippen LogP) is 2.37. The molecule has 0 aliphatic heterocycles. The van der Waals surface area contributed by atoms with Crippen LogP contribution in [0.1, 0.15) is 33.4 Å². The third-order valence-electron chi connectivity index (χ3n) is 2.24. The van der Waals surface area contributed by atoms with Crippen molar-refractivity contribution in [2.75, 3.05) is 0 Å². The number of hydrogen-bond acceptors (Lipinski definition) is 1. The molecule has 0 atom stereocenters. The summed E-state index contributed by atoms with van der Waals surface area (Å²) in [5.74, 6) is 0. The van der Waals surface area contributed by atoms with E-state index in [1.54, 1.807) is 0 Å². The largest absolute Gasteiger partial charge is 0.353 e. The Morgan fingerprint density at radius 3 is 2.27 bits per heavy atom. The van der Waals surface area contributed by atoms with Gasteiger partial charge in [-0.15, -0.1) is 0 Å². The highest BCUT2D eigenvalue weighted by molar-refractivity contribution is 5.69. The minimum atomic E-state index is 1.02. The molecular formula is C13H18N2. The maximum atomic E-state index is 4.41. The monoisotopic (exact) mass is 202 g/mol. The molecule has 2 heteroatoms. The van der Waals surface area contributed by atoms with Crippen molar-refractivity contribution in [1.29, 1.82) is 0 Å². The van der Waals surface area contributed by atoms with Crippen molar-refractivity contribution in [2.24, 2.45) is 4.99 Å². The summed E-state index contributed by atoms with van der Waals surface area (Å²) >= 11 is 0. The minimum absolute atomic E-state index is 1.02. The predicted molar refractivity (Wildman–Crippen MR) is 68.9 cm³/mol. The van der Waals surface area contributed by atoms with E-state index in [0.29, 0.717) is 0 Å². The van der Waals surface area contributed by atoms with E-state index >= 15 is 0 Å². The Hall–Kier alpha value is -1.57. The van der Waals surface area contributed by atoms with E-state index in [9.17, 15) is 0 Å². The van der Waals surface area contributed by atoms with Crippen LogP contribution >= 0.6 is 0 Å². The highest BCUT2D eigenvalue weighted by atomic mass is 14.8. The first-order valence-electron chi connectivity index (χ1n) is 5.24. The molecule has 0 amide bonds. The summed E-state index contributed by atoms with van der Waals surface area (Å²) in [4.78, 5) is 7.76. The van der Waals surface area contributed by atoms with Crippen LogP contribution in [-0.4, -0.2) is 11.2 Å². The van der Waals surface area contributed by atoms with E-state index in [2.05, 4.69) is 22.1 Å². The number of hydrogen-bond donors (Lipinski definition) is 1. The van der Waals surface area contributed by atoms with Crippen LogP contribution in [0.3, 0.4) is 0 Å². The SMILES string of the molecule is C/C=C\c1[nH]c(=C/C)/c(=C\C)c1/N=C\C. The summed E-state index contributed by atoms with van der Waals surface area (Å²) in [5.41, 5.74) is 2.09. The number of nitrogens with one attached hydrogen (secondary N) is 1. The zero-order valence-corrected chi connectivity index (χ0v) is 9.83. The fourth-order valence-electron chi connectivity index (χ4n) is 1.62. The van der Waals surface area contributed by atoms with E-state index < -0.39 is 0 Å². The molecule has 0 saturated heterocycles. The lowest BCUT2D eigenvalue weighted by atomic mass is 10.3. The van der Waals surface area contributed by atoms with Crippen molar-refractivity contribution in [3.63, 3.8) is 0 Å². The number of aliphatic imine (C=N–C) groups is 1. The van der Waals surface area contributed by atoms with Crippen molar-refractivity contribution in [2.45, 2.75) is 27.7 Å². The zero-order chi connectivity index (χ0) is 11.3. The fourth-order valence-corrected chi connectivity index (χ4v) is 1.62. The molecule has 0 fully saturated rings. The molecule has 1 aromatic heterocycles. The third-order valence-corrected chi connectivity index (χ3v) is 2.24. The topological polar surface area (TPSA) is 28.1 Å². The van der Waals surface area contributed by atoms with Crippen LogP contribution in [0, 0.1) is 0 Å². The van der Waals surface area contributed by atoms with Crippen molar-refractivity contribution >= 4 is 30.1 Å². The first-order valence-corrected chi connectivity index (χ1v) is 5.24. The van der Waals surface area contributed by atoms with Gasteiger partial charge in [0.25, 0.3) is 0 Å². The van der Waals surface area contributed by atoms with Gasteiger partial charge in [0, 0.05) is 16.8 Å². The lowest BCUT2D eigenvalue weighted by Crippen LogP contribution is -2.21. The Labute approximate surface area is 90.8 Å². The second-order valence-electron chi connectivity index (χ2n) is 3.18. The van der Waals surface area contributed by atoms with Gasteiger partial charge >= 0.3 is 0 Å². The molecule has 0 aliphatic rings. The van der Waals surface area contributed by atoms with Gasteiger partial charge in [-0.05, 0) is 33.8 Å². The molecule has 15 heavy (non-hydrogen) atoms. The molecule has 1 rings (SSSR count). The number of aromatic amines is 1. The lowest BCUT2D eigenvalue weighted by molar-refractivity contribution is 1.28. The number of aromatic nitrogens is 1. The van der Waals surface area contributed by atoms with Crippen LogP contribution < -0.4 is 10.6 Å². The summed E-state index contributed by atoms with van der Waals surface area (Å²) < 4.78 is 0. The molecule has 2 nitrogen and oxygen atoms in total. The second kappa shape index (κ2) is 5.35. The van der Waals surface area contributed by atoms with Crippen LogP contribution in [0.4, 0.5) is 5.69 Å². The molecule has 1 heterocycles. The molecule has 0 aliphatic carbocycles. The minimum Gasteiger partial charge on any atom is -0.353 e. The number of rotatable bonds is 2. The normalized spacial score (nSPS) is 14.9. The summed E-state index contributed by atoms with van der Waals surface area (Å²) in [6, 6.07) is 0.